The Morgan fingerprint density at radius 3 is 2.58 bits per heavy atom. The van der Waals surface area contributed by atoms with E-state index in [9.17, 15) is 14.0 Å². The first-order chi connectivity index (χ1) is 15.1. The van der Waals surface area contributed by atoms with Crippen LogP contribution < -0.4 is 10.2 Å². The third-order valence-corrected chi connectivity index (χ3v) is 6.66. The molecule has 0 unspecified atom stereocenters. The molecule has 0 saturated carbocycles. The number of nitrogens with one attached hydrogen (secondary N) is 1. The largest absolute Gasteiger partial charge is 0.326 e. The van der Waals surface area contributed by atoms with Gasteiger partial charge in [-0.3, -0.25) is 14.5 Å². The van der Waals surface area contributed by atoms with Gasteiger partial charge in [-0.2, -0.15) is 0 Å². The van der Waals surface area contributed by atoms with E-state index in [2.05, 4.69) is 12.2 Å². The summed E-state index contributed by atoms with van der Waals surface area (Å²) in [7, 11) is 0. The second-order valence-corrected chi connectivity index (χ2v) is 8.99. The number of thioether (sulfide) groups is 1. The van der Waals surface area contributed by atoms with E-state index in [-0.39, 0.29) is 22.9 Å². The van der Waals surface area contributed by atoms with Crippen molar-refractivity contribution in [2.24, 2.45) is 0 Å². The van der Waals surface area contributed by atoms with Crippen LogP contribution in [-0.2, 0) is 9.59 Å². The zero-order valence-corrected chi connectivity index (χ0v) is 18.9. The van der Waals surface area contributed by atoms with Crippen molar-refractivity contribution in [3.05, 3.63) is 59.9 Å². The first kappa shape index (κ1) is 23.3. The van der Waals surface area contributed by atoms with Crippen molar-refractivity contribution >= 4 is 35.0 Å². The predicted octanol–water partition coefficient (Wildman–Crippen LogP) is 6.68. The van der Waals surface area contributed by atoms with Crippen molar-refractivity contribution in [1.82, 2.24) is 0 Å². The molecule has 2 aromatic carbocycles. The lowest BCUT2D eigenvalue weighted by Gasteiger charge is -2.25. The Morgan fingerprint density at radius 1 is 1.06 bits per heavy atom. The summed E-state index contributed by atoms with van der Waals surface area (Å²) in [5.41, 5.74) is 1.86. The molecule has 1 fully saturated rings. The number of anilines is 2. The second-order valence-electron chi connectivity index (χ2n) is 7.92. The maximum atomic E-state index is 14.3. The summed E-state index contributed by atoms with van der Waals surface area (Å²) in [5.74, 6) is -0.226. The number of benzene rings is 2. The van der Waals surface area contributed by atoms with Crippen LogP contribution in [0.3, 0.4) is 0 Å². The third-order valence-electron chi connectivity index (χ3n) is 5.44. The van der Waals surface area contributed by atoms with E-state index >= 15 is 0 Å². The minimum Gasteiger partial charge on any atom is -0.326 e. The lowest BCUT2D eigenvalue weighted by Crippen LogP contribution is -2.28. The van der Waals surface area contributed by atoms with E-state index in [4.69, 9.17) is 0 Å². The summed E-state index contributed by atoms with van der Waals surface area (Å²) < 4.78 is 14.3. The first-order valence-corrected chi connectivity index (χ1v) is 12.2. The van der Waals surface area contributed by atoms with E-state index < -0.39 is 5.82 Å². The molecule has 0 spiro atoms. The van der Waals surface area contributed by atoms with Crippen LogP contribution in [0.25, 0.3) is 0 Å². The number of carbonyl (C=O) groups is 2. The van der Waals surface area contributed by atoms with Crippen LogP contribution in [0.1, 0.15) is 69.2 Å². The Hall–Kier alpha value is -2.34. The summed E-state index contributed by atoms with van der Waals surface area (Å²) in [4.78, 5) is 26.3. The van der Waals surface area contributed by atoms with Crippen molar-refractivity contribution in [1.29, 1.82) is 0 Å². The lowest BCUT2D eigenvalue weighted by molar-refractivity contribution is -0.117. The highest BCUT2D eigenvalue weighted by atomic mass is 32.2. The van der Waals surface area contributed by atoms with Crippen LogP contribution >= 0.6 is 11.8 Å². The van der Waals surface area contributed by atoms with E-state index in [0.29, 0.717) is 17.9 Å². The molecule has 0 radical (unpaired) electrons. The van der Waals surface area contributed by atoms with Crippen molar-refractivity contribution in [2.75, 3.05) is 16.0 Å². The molecule has 2 aromatic rings. The molecule has 3 rings (SSSR count). The van der Waals surface area contributed by atoms with Crippen LogP contribution in [0.2, 0.25) is 0 Å². The monoisotopic (exact) mass is 442 g/mol. The van der Waals surface area contributed by atoms with Gasteiger partial charge in [-0.05, 0) is 36.2 Å². The maximum Gasteiger partial charge on any atom is 0.238 e. The molecule has 1 heterocycles. The molecular formula is C25H31FN2O2S. The van der Waals surface area contributed by atoms with Crippen molar-refractivity contribution < 1.29 is 14.0 Å². The second kappa shape index (κ2) is 11.9. The molecule has 1 aliphatic rings. The highest BCUT2D eigenvalue weighted by molar-refractivity contribution is 8.00. The Morgan fingerprint density at radius 2 is 1.81 bits per heavy atom. The van der Waals surface area contributed by atoms with E-state index in [1.54, 1.807) is 18.2 Å². The molecule has 1 aliphatic heterocycles. The zero-order valence-electron chi connectivity index (χ0n) is 18.1. The molecule has 1 N–H and O–H groups in total. The van der Waals surface area contributed by atoms with Gasteiger partial charge < -0.3 is 5.32 Å². The Balaban J connectivity index is 1.58. The SMILES string of the molecule is CCCCCCCCCC(=O)Nc1cccc([C@@H]2SCC(=O)N2c2ccccc2F)c1. The van der Waals surface area contributed by atoms with Crippen LogP contribution in [0.5, 0.6) is 0 Å². The van der Waals surface area contributed by atoms with Gasteiger partial charge in [0.2, 0.25) is 11.8 Å². The van der Waals surface area contributed by atoms with Crippen molar-refractivity contribution in [3.63, 3.8) is 0 Å². The normalized spacial score (nSPS) is 16.0. The number of amides is 2. The minimum atomic E-state index is -0.414. The van der Waals surface area contributed by atoms with Gasteiger partial charge in [0.25, 0.3) is 0 Å². The molecule has 0 bridgehead atoms. The number of unbranched alkanes of at least 4 members (excludes halogenated alkanes) is 6. The van der Waals surface area contributed by atoms with Gasteiger partial charge in [0, 0.05) is 12.1 Å². The minimum absolute atomic E-state index is 0.00631. The average molecular weight is 443 g/mol. The van der Waals surface area contributed by atoms with Crippen LogP contribution in [0, 0.1) is 5.82 Å². The molecule has 0 aromatic heterocycles. The average Bonchev–Trinajstić information content (AvgIpc) is 3.15. The van der Waals surface area contributed by atoms with Crippen LogP contribution in [-0.4, -0.2) is 17.6 Å². The molecule has 1 atom stereocenters. The number of hydrogen-bond donors (Lipinski definition) is 1. The molecule has 31 heavy (non-hydrogen) atoms. The summed E-state index contributed by atoms with van der Waals surface area (Å²) in [6.45, 7) is 2.21. The first-order valence-electron chi connectivity index (χ1n) is 11.2. The Labute approximate surface area is 188 Å². The zero-order chi connectivity index (χ0) is 22.1. The van der Waals surface area contributed by atoms with Gasteiger partial charge in [-0.15, -0.1) is 11.8 Å². The molecule has 2 amide bonds. The van der Waals surface area contributed by atoms with Gasteiger partial charge >= 0.3 is 0 Å². The smallest absolute Gasteiger partial charge is 0.238 e. The van der Waals surface area contributed by atoms with Gasteiger partial charge in [0.05, 0.1) is 11.4 Å². The van der Waals surface area contributed by atoms with Crippen LogP contribution in [0.15, 0.2) is 48.5 Å². The van der Waals surface area contributed by atoms with Crippen molar-refractivity contribution in [3.8, 4) is 0 Å². The third kappa shape index (κ3) is 6.57. The standard InChI is InChI=1S/C25H31FN2O2S/c1-2-3-4-5-6-7-8-16-23(29)27-20-13-11-12-19(17-20)25-28(24(30)18-31-25)22-15-10-9-14-21(22)26/h9-15,17,25H,2-8,16,18H2,1H3,(H,27,29)/t25-/m0/s1. The number of hydrogen-bond acceptors (Lipinski definition) is 3. The van der Waals surface area contributed by atoms with E-state index in [1.165, 1.54) is 54.8 Å². The Bertz CT molecular complexity index is 889. The van der Waals surface area contributed by atoms with E-state index in [0.717, 1.165) is 18.4 Å². The molecular weight excluding hydrogens is 411 g/mol. The topological polar surface area (TPSA) is 49.4 Å². The number of nitrogens with zero attached hydrogens (tertiary/aromatic N) is 1. The van der Waals surface area contributed by atoms with Gasteiger partial charge in [0.1, 0.15) is 11.2 Å². The lowest BCUT2D eigenvalue weighted by atomic mass is 10.1. The number of para-hydroxylation sites is 1. The summed E-state index contributed by atoms with van der Waals surface area (Å²) >= 11 is 1.46. The number of carbonyl (C=O) groups excluding carboxylic acids is 2. The fraction of sp³-hybridized carbons (Fsp3) is 0.440. The Kier molecular flexibility index (Phi) is 8.95. The predicted molar refractivity (Wildman–Crippen MR) is 127 cm³/mol. The van der Waals surface area contributed by atoms with Crippen LogP contribution in [0.4, 0.5) is 15.8 Å². The highest BCUT2D eigenvalue weighted by Gasteiger charge is 2.35. The summed E-state index contributed by atoms with van der Waals surface area (Å²) in [6, 6.07) is 13.8. The molecule has 4 nitrogen and oxygen atoms in total. The highest BCUT2D eigenvalue weighted by Crippen LogP contribution is 2.42. The maximum absolute atomic E-state index is 14.3. The molecule has 0 aliphatic carbocycles. The molecule has 166 valence electrons. The summed E-state index contributed by atoms with van der Waals surface area (Å²) in [5, 5.41) is 2.65. The van der Waals surface area contributed by atoms with Gasteiger partial charge in [-0.25, -0.2) is 4.39 Å². The quantitative estimate of drug-likeness (QED) is 0.395. The molecule has 1 saturated heterocycles. The molecule has 6 heteroatoms. The fourth-order valence-corrected chi connectivity index (χ4v) is 4.97. The number of rotatable bonds is 11. The van der Waals surface area contributed by atoms with Gasteiger partial charge in [0.15, 0.2) is 0 Å². The fourth-order valence-electron chi connectivity index (χ4n) is 3.81. The number of halogens is 1. The van der Waals surface area contributed by atoms with Crippen molar-refractivity contribution in [2.45, 2.75) is 63.7 Å². The van der Waals surface area contributed by atoms with E-state index in [1.807, 2.05) is 24.3 Å². The van der Waals surface area contributed by atoms with Gasteiger partial charge in [-0.1, -0.05) is 69.7 Å². The summed E-state index contributed by atoms with van der Waals surface area (Å²) in [6.07, 6.45) is 8.72.